The van der Waals surface area contributed by atoms with Crippen molar-refractivity contribution in [3.8, 4) is 0 Å². The van der Waals surface area contributed by atoms with Crippen molar-refractivity contribution in [3.63, 3.8) is 0 Å². The fraction of sp³-hybridized carbons (Fsp3) is 0.867. The van der Waals surface area contributed by atoms with Crippen molar-refractivity contribution in [3.05, 3.63) is 0 Å². The van der Waals surface area contributed by atoms with Gasteiger partial charge in [0, 0.05) is 13.6 Å². The molecule has 0 spiro atoms. The van der Waals surface area contributed by atoms with Crippen LogP contribution in [0.25, 0.3) is 0 Å². The lowest BCUT2D eigenvalue weighted by Gasteiger charge is -2.34. The van der Waals surface area contributed by atoms with E-state index in [1.54, 1.807) is 18.9 Å². The van der Waals surface area contributed by atoms with Crippen molar-refractivity contribution in [1.82, 2.24) is 4.90 Å². The Kier molecular flexibility index (Phi) is 6.04. The highest BCUT2D eigenvalue weighted by atomic mass is 16.5. The second-order valence-electron chi connectivity index (χ2n) is 7.31. The predicted molar refractivity (Wildman–Crippen MR) is 76.7 cm³/mol. The molecule has 0 heterocycles. The molecule has 0 aromatic heterocycles. The summed E-state index contributed by atoms with van der Waals surface area (Å²) in [4.78, 5) is 26.2. The third kappa shape index (κ3) is 6.08. The largest absolute Gasteiger partial charge is 0.465 e. The van der Waals surface area contributed by atoms with E-state index in [0.29, 0.717) is 13.2 Å². The van der Waals surface area contributed by atoms with Crippen LogP contribution in [0.1, 0.15) is 48.5 Å². The van der Waals surface area contributed by atoms with Gasteiger partial charge < -0.3 is 9.64 Å². The predicted octanol–water partition coefficient (Wildman–Crippen LogP) is 2.72. The minimum Gasteiger partial charge on any atom is -0.465 e. The van der Waals surface area contributed by atoms with Gasteiger partial charge in [-0.3, -0.25) is 9.59 Å². The minimum atomic E-state index is -0.750. The molecule has 0 aromatic rings. The lowest BCUT2D eigenvalue weighted by Crippen LogP contribution is -2.46. The third-order valence-corrected chi connectivity index (χ3v) is 2.72. The van der Waals surface area contributed by atoms with Gasteiger partial charge in [0.1, 0.15) is 5.92 Å². The van der Waals surface area contributed by atoms with Crippen molar-refractivity contribution in [1.29, 1.82) is 0 Å². The number of esters is 1. The maximum absolute atomic E-state index is 12.5. The summed E-state index contributed by atoms with van der Waals surface area (Å²) in [5.74, 6) is -1.35. The maximum Gasteiger partial charge on any atom is 0.319 e. The Labute approximate surface area is 117 Å². The Morgan fingerprint density at radius 2 is 1.58 bits per heavy atom. The molecule has 0 aromatic carbocycles. The van der Waals surface area contributed by atoms with Crippen LogP contribution in [0.5, 0.6) is 0 Å². The quantitative estimate of drug-likeness (QED) is 0.583. The molecule has 19 heavy (non-hydrogen) atoms. The molecule has 0 aliphatic rings. The van der Waals surface area contributed by atoms with Crippen LogP contribution in [0.2, 0.25) is 0 Å². The number of hydrogen-bond donors (Lipinski definition) is 0. The van der Waals surface area contributed by atoms with Crippen molar-refractivity contribution in [2.24, 2.45) is 16.7 Å². The van der Waals surface area contributed by atoms with Gasteiger partial charge in [-0.05, 0) is 17.8 Å². The molecule has 1 amide bonds. The Bertz CT molecular complexity index is 323. The van der Waals surface area contributed by atoms with E-state index in [-0.39, 0.29) is 11.3 Å². The lowest BCUT2D eigenvalue weighted by atomic mass is 9.79. The molecular formula is C15H29NO3. The summed E-state index contributed by atoms with van der Waals surface area (Å²) in [6, 6.07) is 0. The van der Waals surface area contributed by atoms with Crippen LogP contribution in [0, 0.1) is 16.7 Å². The number of hydrogen-bond acceptors (Lipinski definition) is 3. The lowest BCUT2D eigenvalue weighted by molar-refractivity contribution is -0.160. The van der Waals surface area contributed by atoms with Gasteiger partial charge in [0.05, 0.1) is 6.61 Å². The molecule has 0 aliphatic carbocycles. The monoisotopic (exact) mass is 271 g/mol. The summed E-state index contributed by atoms with van der Waals surface area (Å²) in [6.07, 6.45) is 0. The van der Waals surface area contributed by atoms with Crippen molar-refractivity contribution >= 4 is 11.9 Å². The second-order valence-corrected chi connectivity index (χ2v) is 7.31. The van der Waals surface area contributed by atoms with Crippen LogP contribution in [0.4, 0.5) is 0 Å². The zero-order chi connectivity index (χ0) is 15.4. The molecule has 0 saturated carbocycles. The Morgan fingerprint density at radius 3 is 1.89 bits per heavy atom. The van der Waals surface area contributed by atoms with E-state index in [1.807, 2.05) is 20.8 Å². The molecule has 0 rings (SSSR count). The highest BCUT2D eigenvalue weighted by Crippen LogP contribution is 2.29. The molecule has 0 bridgehead atoms. The molecule has 0 fully saturated rings. The molecule has 0 N–H and O–H groups in total. The van der Waals surface area contributed by atoms with Gasteiger partial charge in [-0.15, -0.1) is 0 Å². The fourth-order valence-corrected chi connectivity index (χ4v) is 2.06. The van der Waals surface area contributed by atoms with E-state index >= 15 is 0 Å². The smallest absolute Gasteiger partial charge is 0.319 e. The second kappa shape index (κ2) is 6.40. The van der Waals surface area contributed by atoms with Crippen molar-refractivity contribution < 1.29 is 14.3 Å². The van der Waals surface area contributed by atoms with Crippen LogP contribution in [-0.4, -0.2) is 37.0 Å². The highest BCUT2D eigenvalue weighted by Gasteiger charge is 2.40. The van der Waals surface area contributed by atoms with Gasteiger partial charge in [-0.25, -0.2) is 0 Å². The molecule has 1 atom stereocenters. The Morgan fingerprint density at radius 1 is 1.11 bits per heavy atom. The van der Waals surface area contributed by atoms with Gasteiger partial charge in [-0.1, -0.05) is 41.5 Å². The average molecular weight is 271 g/mol. The first-order valence-electron chi connectivity index (χ1n) is 6.81. The maximum atomic E-state index is 12.5. The number of carbonyl (C=O) groups excluding carboxylic acids is 2. The molecular weight excluding hydrogens is 242 g/mol. The van der Waals surface area contributed by atoms with E-state index in [9.17, 15) is 9.59 Å². The summed E-state index contributed by atoms with van der Waals surface area (Å²) >= 11 is 0. The molecule has 0 radical (unpaired) electrons. The number of rotatable bonds is 4. The fourth-order valence-electron chi connectivity index (χ4n) is 2.06. The van der Waals surface area contributed by atoms with Gasteiger partial charge in [-0.2, -0.15) is 0 Å². The topological polar surface area (TPSA) is 46.6 Å². The average Bonchev–Trinajstić information content (AvgIpc) is 2.12. The minimum absolute atomic E-state index is 0.00149. The first-order chi connectivity index (χ1) is 8.40. The third-order valence-electron chi connectivity index (χ3n) is 2.72. The van der Waals surface area contributed by atoms with Crippen LogP contribution < -0.4 is 0 Å². The van der Waals surface area contributed by atoms with Crippen LogP contribution in [0.15, 0.2) is 0 Å². The summed E-state index contributed by atoms with van der Waals surface area (Å²) in [6.45, 7) is 14.5. The van der Waals surface area contributed by atoms with E-state index in [1.165, 1.54) is 0 Å². The summed E-state index contributed by atoms with van der Waals surface area (Å²) in [5.41, 5.74) is -0.447. The first kappa shape index (κ1) is 17.9. The number of amides is 1. The molecule has 112 valence electrons. The van der Waals surface area contributed by atoms with E-state index in [0.717, 1.165) is 0 Å². The zero-order valence-corrected chi connectivity index (χ0v) is 13.7. The van der Waals surface area contributed by atoms with Crippen LogP contribution in [0.3, 0.4) is 0 Å². The molecule has 0 aliphatic heterocycles. The molecule has 4 nitrogen and oxygen atoms in total. The normalized spacial score (nSPS) is 13.9. The highest BCUT2D eigenvalue weighted by molar-refractivity contribution is 5.98. The Balaban J connectivity index is 5.08. The summed E-state index contributed by atoms with van der Waals surface area (Å²) < 4.78 is 5.05. The number of nitrogens with zero attached hydrogens (tertiary/aromatic N) is 1. The molecule has 1 unspecified atom stereocenters. The summed E-state index contributed by atoms with van der Waals surface area (Å²) in [7, 11) is 1.74. The van der Waals surface area contributed by atoms with E-state index in [4.69, 9.17) is 4.74 Å². The van der Waals surface area contributed by atoms with Crippen LogP contribution in [-0.2, 0) is 14.3 Å². The van der Waals surface area contributed by atoms with Crippen molar-refractivity contribution in [2.45, 2.75) is 48.5 Å². The zero-order valence-electron chi connectivity index (χ0n) is 13.7. The van der Waals surface area contributed by atoms with E-state index in [2.05, 4.69) is 20.8 Å². The van der Waals surface area contributed by atoms with Crippen molar-refractivity contribution in [2.75, 3.05) is 20.2 Å². The summed E-state index contributed by atoms with van der Waals surface area (Å²) in [5, 5.41) is 0. The van der Waals surface area contributed by atoms with E-state index < -0.39 is 17.3 Å². The van der Waals surface area contributed by atoms with Crippen LogP contribution >= 0.6 is 0 Å². The number of ether oxygens (including phenoxy) is 1. The van der Waals surface area contributed by atoms with Gasteiger partial charge in [0.25, 0.3) is 0 Å². The SMILES string of the molecule is CCOC(=O)C(C(=O)N(C)CC(C)(C)C)C(C)(C)C. The molecule has 0 saturated heterocycles. The van der Waals surface area contributed by atoms with Gasteiger partial charge in [0.15, 0.2) is 0 Å². The number of carbonyl (C=O) groups is 2. The molecule has 4 heteroatoms. The Hall–Kier alpha value is -1.06. The first-order valence-corrected chi connectivity index (χ1v) is 6.81. The standard InChI is InChI=1S/C15H29NO3/c1-9-19-13(18)11(15(5,6)7)12(17)16(8)10-14(2,3)4/h11H,9-10H2,1-8H3. The van der Waals surface area contributed by atoms with Gasteiger partial charge in [0.2, 0.25) is 5.91 Å². The van der Waals surface area contributed by atoms with Gasteiger partial charge >= 0.3 is 5.97 Å².